The molecule has 19 heavy (non-hydrogen) atoms. The lowest BCUT2D eigenvalue weighted by molar-refractivity contribution is -0.118. The van der Waals surface area contributed by atoms with Crippen LogP contribution in [-0.4, -0.2) is 26.8 Å². The molecule has 2 aromatic rings. The Labute approximate surface area is 116 Å². The highest BCUT2D eigenvalue weighted by Crippen LogP contribution is 2.11. The molecule has 0 spiro atoms. The molecule has 2 N–H and O–H groups in total. The van der Waals surface area contributed by atoms with Crippen LogP contribution in [0.4, 0.5) is 0 Å². The Morgan fingerprint density at radius 3 is 2.84 bits per heavy atom. The lowest BCUT2D eigenvalue weighted by Gasteiger charge is -2.03. The summed E-state index contributed by atoms with van der Waals surface area (Å²) in [5, 5.41) is 10.3. The summed E-state index contributed by atoms with van der Waals surface area (Å²) >= 11 is 1.33. The standard InChI is InChI=1S/C13H16N4OS/c1-2-11-15-13(17-16-11)19-9-12(18)14-8-10-6-4-3-5-7-10/h3-7H,2,8-9H2,1H3,(H,14,18)(H,15,16,17). The minimum atomic E-state index is -0.0169. The number of rotatable bonds is 6. The molecule has 0 fully saturated rings. The van der Waals surface area contributed by atoms with E-state index in [1.54, 1.807) is 0 Å². The molecular formula is C13H16N4OS. The molecule has 0 aliphatic carbocycles. The second kappa shape index (κ2) is 6.94. The maximum absolute atomic E-state index is 11.7. The highest BCUT2D eigenvalue weighted by Gasteiger charge is 2.06. The van der Waals surface area contributed by atoms with Gasteiger partial charge in [0, 0.05) is 13.0 Å². The summed E-state index contributed by atoms with van der Waals surface area (Å²) in [6.45, 7) is 2.55. The summed E-state index contributed by atoms with van der Waals surface area (Å²) in [6.07, 6.45) is 0.813. The first-order valence-corrected chi connectivity index (χ1v) is 7.11. The minimum Gasteiger partial charge on any atom is -0.351 e. The second-order valence-electron chi connectivity index (χ2n) is 3.97. The zero-order chi connectivity index (χ0) is 13.5. The van der Waals surface area contributed by atoms with Gasteiger partial charge in [0.15, 0.2) is 0 Å². The Balaban J connectivity index is 1.73. The summed E-state index contributed by atoms with van der Waals surface area (Å²) in [5.74, 6) is 1.15. The monoisotopic (exact) mass is 276 g/mol. The molecular weight excluding hydrogens is 260 g/mol. The summed E-state index contributed by atoms with van der Waals surface area (Å²) in [4.78, 5) is 15.9. The molecule has 0 bridgehead atoms. The minimum absolute atomic E-state index is 0.0169. The first kappa shape index (κ1) is 13.6. The molecule has 6 heteroatoms. The molecule has 1 aromatic heterocycles. The summed E-state index contributed by atoms with van der Waals surface area (Å²) in [5.41, 5.74) is 1.09. The molecule has 5 nitrogen and oxygen atoms in total. The second-order valence-corrected chi connectivity index (χ2v) is 4.91. The molecule has 100 valence electrons. The fourth-order valence-electron chi connectivity index (χ4n) is 1.48. The largest absolute Gasteiger partial charge is 0.351 e. The van der Waals surface area contributed by atoms with Crippen molar-refractivity contribution in [2.75, 3.05) is 5.75 Å². The number of thioether (sulfide) groups is 1. The number of benzene rings is 1. The number of amides is 1. The van der Waals surface area contributed by atoms with E-state index in [1.165, 1.54) is 11.8 Å². The Morgan fingerprint density at radius 1 is 1.37 bits per heavy atom. The van der Waals surface area contributed by atoms with Crippen LogP contribution in [0, 0.1) is 0 Å². The number of aryl methyl sites for hydroxylation is 1. The SMILES string of the molecule is CCc1nc(SCC(=O)NCc2ccccc2)n[nH]1. The predicted octanol–water partition coefficient (Wildman–Crippen LogP) is 1.78. The van der Waals surface area contributed by atoms with Crippen molar-refractivity contribution in [3.05, 3.63) is 41.7 Å². The molecule has 0 aliphatic rings. The van der Waals surface area contributed by atoms with Crippen molar-refractivity contribution < 1.29 is 4.79 Å². The lowest BCUT2D eigenvalue weighted by Crippen LogP contribution is -2.24. The average molecular weight is 276 g/mol. The van der Waals surface area contributed by atoms with Gasteiger partial charge in [-0.05, 0) is 5.56 Å². The van der Waals surface area contributed by atoms with E-state index in [2.05, 4.69) is 20.5 Å². The Morgan fingerprint density at radius 2 is 2.16 bits per heavy atom. The summed E-state index contributed by atoms with van der Waals surface area (Å²) in [7, 11) is 0. The number of carbonyl (C=O) groups is 1. The predicted molar refractivity (Wildman–Crippen MR) is 74.8 cm³/mol. The molecule has 0 aliphatic heterocycles. The maximum atomic E-state index is 11.7. The average Bonchev–Trinajstić information content (AvgIpc) is 2.92. The quantitative estimate of drug-likeness (QED) is 0.789. The van der Waals surface area contributed by atoms with Crippen LogP contribution in [0.1, 0.15) is 18.3 Å². The van der Waals surface area contributed by atoms with E-state index in [1.807, 2.05) is 37.3 Å². The van der Waals surface area contributed by atoms with Crippen molar-refractivity contribution in [2.45, 2.75) is 25.0 Å². The van der Waals surface area contributed by atoms with E-state index in [0.29, 0.717) is 17.5 Å². The number of aromatic amines is 1. The van der Waals surface area contributed by atoms with Crippen LogP contribution in [0.25, 0.3) is 0 Å². The van der Waals surface area contributed by atoms with Gasteiger partial charge in [0.25, 0.3) is 0 Å². The first-order chi connectivity index (χ1) is 9.28. The molecule has 1 heterocycles. The molecule has 1 aromatic carbocycles. The molecule has 0 radical (unpaired) electrons. The van der Waals surface area contributed by atoms with Crippen LogP contribution in [0.2, 0.25) is 0 Å². The van der Waals surface area contributed by atoms with Crippen molar-refractivity contribution >= 4 is 17.7 Å². The van der Waals surface area contributed by atoms with Crippen LogP contribution >= 0.6 is 11.8 Å². The fraction of sp³-hybridized carbons (Fsp3) is 0.308. The number of hydrogen-bond acceptors (Lipinski definition) is 4. The Hall–Kier alpha value is -1.82. The van der Waals surface area contributed by atoms with E-state index in [-0.39, 0.29) is 5.91 Å². The van der Waals surface area contributed by atoms with Gasteiger partial charge < -0.3 is 5.32 Å². The van der Waals surface area contributed by atoms with Crippen LogP contribution in [0.3, 0.4) is 0 Å². The van der Waals surface area contributed by atoms with Gasteiger partial charge in [-0.3, -0.25) is 9.89 Å². The van der Waals surface area contributed by atoms with Crippen molar-refractivity contribution in [1.29, 1.82) is 0 Å². The van der Waals surface area contributed by atoms with Crippen molar-refractivity contribution in [2.24, 2.45) is 0 Å². The highest BCUT2D eigenvalue weighted by molar-refractivity contribution is 7.99. The van der Waals surface area contributed by atoms with Crippen molar-refractivity contribution in [3.8, 4) is 0 Å². The van der Waals surface area contributed by atoms with Gasteiger partial charge in [0.05, 0.1) is 5.75 Å². The van der Waals surface area contributed by atoms with Gasteiger partial charge in [-0.15, -0.1) is 5.10 Å². The number of aromatic nitrogens is 3. The van der Waals surface area contributed by atoms with Crippen molar-refractivity contribution in [1.82, 2.24) is 20.5 Å². The number of nitrogens with zero attached hydrogens (tertiary/aromatic N) is 2. The molecule has 0 saturated carbocycles. The summed E-state index contributed by atoms with van der Waals surface area (Å²) < 4.78 is 0. The van der Waals surface area contributed by atoms with Crippen LogP contribution in [-0.2, 0) is 17.8 Å². The van der Waals surface area contributed by atoms with Gasteiger partial charge in [0.1, 0.15) is 5.82 Å². The van der Waals surface area contributed by atoms with E-state index in [9.17, 15) is 4.79 Å². The van der Waals surface area contributed by atoms with Gasteiger partial charge >= 0.3 is 0 Å². The normalized spacial score (nSPS) is 10.4. The van der Waals surface area contributed by atoms with Crippen molar-refractivity contribution in [3.63, 3.8) is 0 Å². The van der Waals surface area contributed by atoms with Gasteiger partial charge in [-0.2, -0.15) is 0 Å². The lowest BCUT2D eigenvalue weighted by atomic mass is 10.2. The van der Waals surface area contributed by atoms with E-state index in [4.69, 9.17) is 0 Å². The zero-order valence-corrected chi connectivity index (χ0v) is 11.5. The molecule has 0 saturated heterocycles. The molecule has 0 unspecified atom stereocenters. The third-order valence-corrected chi connectivity index (χ3v) is 3.36. The summed E-state index contributed by atoms with van der Waals surface area (Å²) in [6, 6.07) is 9.83. The Kier molecular flexibility index (Phi) is 4.97. The molecule has 0 atom stereocenters. The molecule has 2 rings (SSSR count). The van der Waals surface area contributed by atoms with Gasteiger partial charge in [-0.1, -0.05) is 49.0 Å². The van der Waals surface area contributed by atoms with E-state index >= 15 is 0 Å². The number of nitrogens with one attached hydrogen (secondary N) is 2. The van der Waals surface area contributed by atoms with Crippen LogP contribution < -0.4 is 5.32 Å². The maximum Gasteiger partial charge on any atom is 0.230 e. The van der Waals surface area contributed by atoms with E-state index < -0.39 is 0 Å². The zero-order valence-electron chi connectivity index (χ0n) is 10.7. The van der Waals surface area contributed by atoms with Gasteiger partial charge in [-0.25, -0.2) is 4.98 Å². The third-order valence-electron chi connectivity index (χ3n) is 2.51. The third kappa shape index (κ3) is 4.40. The highest BCUT2D eigenvalue weighted by atomic mass is 32.2. The smallest absolute Gasteiger partial charge is 0.230 e. The number of carbonyl (C=O) groups excluding carboxylic acids is 1. The topological polar surface area (TPSA) is 70.7 Å². The van der Waals surface area contributed by atoms with E-state index in [0.717, 1.165) is 17.8 Å². The number of H-pyrrole nitrogens is 1. The van der Waals surface area contributed by atoms with Crippen LogP contribution in [0.5, 0.6) is 0 Å². The number of hydrogen-bond donors (Lipinski definition) is 2. The van der Waals surface area contributed by atoms with Crippen LogP contribution in [0.15, 0.2) is 35.5 Å². The fourth-order valence-corrected chi connectivity index (χ4v) is 2.13. The van der Waals surface area contributed by atoms with Gasteiger partial charge in [0.2, 0.25) is 11.1 Å². The molecule has 1 amide bonds. The first-order valence-electron chi connectivity index (χ1n) is 6.12. The Bertz CT molecular complexity index is 526.